The Morgan fingerprint density at radius 1 is 1.59 bits per heavy atom. The standard InChI is InChI=1S/C12H15NO4/c1-3-10(12(16)17-2)13-8-4-5-9(13)6-7-11(14)15/h4-8,10H,3H2,1-2H3,(H,14,15)/b7-6+. The van der Waals surface area contributed by atoms with Crippen LogP contribution in [0.1, 0.15) is 25.1 Å². The summed E-state index contributed by atoms with van der Waals surface area (Å²) >= 11 is 0. The van der Waals surface area contributed by atoms with E-state index in [-0.39, 0.29) is 5.97 Å². The fraction of sp³-hybridized carbons (Fsp3) is 0.333. The molecule has 1 N–H and O–H groups in total. The first kappa shape index (κ1) is 13.0. The molecule has 0 aliphatic rings. The molecule has 5 nitrogen and oxygen atoms in total. The van der Waals surface area contributed by atoms with E-state index >= 15 is 0 Å². The Kier molecular flexibility index (Phi) is 4.51. The van der Waals surface area contributed by atoms with Crippen molar-refractivity contribution >= 4 is 18.0 Å². The number of ether oxygens (including phenoxy) is 1. The molecule has 0 radical (unpaired) electrons. The van der Waals surface area contributed by atoms with Gasteiger partial charge in [-0.05, 0) is 24.6 Å². The summed E-state index contributed by atoms with van der Waals surface area (Å²) in [5.74, 6) is -1.36. The van der Waals surface area contributed by atoms with Crippen LogP contribution < -0.4 is 0 Å². The molecule has 0 saturated heterocycles. The zero-order chi connectivity index (χ0) is 12.8. The molecule has 0 aliphatic carbocycles. The van der Waals surface area contributed by atoms with Crippen molar-refractivity contribution < 1.29 is 19.4 Å². The normalized spacial score (nSPS) is 12.6. The maximum atomic E-state index is 11.5. The molecule has 92 valence electrons. The molecule has 0 bridgehead atoms. The maximum Gasteiger partial charge on any atom is 0.328 e. The number of methoxy groups -OCH3 is 1. The summed E-state index contributed by atoms with van der Waals surface area (Å²) in [4.78, 5) is 22.0. The molecule has 5 heteroatoms. The van der Waals surface area contributed by atoms with E-state index in [4.69, 9.17) is 9.84 Å². The Labute approximate surface area is 99.3 Å². The molecule has 1 atom stereocenters. The first-order valence-electron chi connectivity index (χ1n) is 5.25. The van der Waals surface area contributed by atoms with Crippen LogP contribution in [0.3, 0.4) is 0 Å². The Morgan fingerprint density at radius 2 is 2.29 bits per heavy atom. The van der Waals surface area contributed by atoms with Crippen LogP contribution in [0.4, 0.5) is 0 Å². The van der Waals surface area contributed by atoms with Crippen molar-refractivity contribution in [1.82, 2.24) is 4.57 Å². The SMILES string of the molecule is CCC(C(=O)OC)n1cccc1/C=C/C(=O)O. The highest BCUT2D eigenvalue weighted by Gasteiger charge is 2.19. The molecule has 0 saturated carbocycles. The maximum absolute atomic E-state index is 11.5. The summed E-state index contributed by atoms with van der Waals surface area (Å²) in [6.45, 7) is 1.87. The number of hydrogen-bond donors (Lipinski definition) is 1. The van der Waals surface area contributed by atoms with Crippen LogP contribution in [0.5, 0.6) is 0 Å². The van der Waals surface area contributed by atoms with Gasteiger partial charge in [0.2, 0.25) is 0 Å². The number of aromatic nitrogens is 1. The minimum atomic E-state index is -1.02. The van der Waals surface area contributed by atoms with Crippen molar-refractivity contribution in [2.75, 3.05) is 7.11 Å². The predicted octanol–water partition coefficient (Wildman–Crippen LogP) is 1.71. The second kappa shape index (κ2) is 5.89. The zero-order valence-electron chi connectivity index (χ0n) is 9.79. The first-order valence-corrected chi connectivity index (χ1v) is 5.25. The summed E-state index contributed by atoms with van der Waals surface area (Å²) in [5.41, 5.74) is 0.657. The van der Waals surface area contributed by atoms with E-state index in [0.29, 0.717) is 12.1 Å². The van der Waals surface area contributed by atoms with Gasteiger partial charge in [-0.3, -0.25) is 0 Å². The number of nitrogens with zero attached hydrogens (tertiary/aromatic N) is 1. The molecule has 0 spiro atoms. The summed E-state index contributed by atoms with van der Waals surface area (Å²) in [5, 5.41) is 8.57. The second-order valence-electron chi connectivity index (χ2n) is 3.46. The number of carboxylic acids is 1. The molecule has 0 amide bonds. The smallest absolute Gasteiger partial charge is 0.328 e. The lowest BCUT2D eigenvalue weighted by atomic mass is 10.2. The minimum Gasteiger partial charge on any atom is -0.478 e. The third-order valence-corrected chi connectivity index (χ3v) is 2.40. The number of rotatable bonds is 5. The lowest BCUT2D eigenvalue weighted by molar-refractivity contribution is -0.144. The van der Waals surface area contributed by atoms with Gasteiger partial charge in [0.15, 0.2) is 0 Å². The van der Waals surface area contributed by atoms with Crippen LogP contribution in [0.15, 0.2) is 24.4 Å². The molecule has 1 unspecified atom stereocenters. The van der Waals surface area contributed by atoms with Crippen LogP contribution in [0.25, 0.3) is 6.08 Å². The van der Waals surface area contributed by atoms with Crippen LogP contribution in [-0.2, 0) is 14.3 Å². The largest absolute Gasteiger partial charge is 0.478 e. The number of esters is 1. The van der Waals surface area contributed by atoms with Crippen molar-refractivity contribution in [3.05, 3.63) is 30.1 Å². The second-order valence-corrected chi connectivity index (χ2v) is 3.46. The van der Waals surface area contributed by atoms with Gasteiger partial charge < -0.3 is 14.4 Å². The molecular weight excluding hydrogens is 222 g/mol. The van der Waals surface area contributed by atoms with Crippen molar-refractivity contribution in [3.8, 4) is 0 Å². The highest BCUT2D eigenvalue weighted by Crippen LogP contribution is 2.18. The Balaban J connectivity index is 3.01. The third-order valence-electron chi connectivity index (χ3n) is 2.40. The third kappa shape index (κ3) is 3.21. The van der Waals surface area contributed by atoms with Crippen LogP contribution in [0, 0.1) is 0 Å². The van der Waals surface area contributed by atoms with Gasteiger partial charge in [0, 0.05) is 18.0 Å². The highest BCUT2D eigenvalue weighted by atomic mass is 16.5. The topological polar surface area (TPSA) is 68.5 Å². The summed E-state index contributed by atoms with van der Waals surface area (Å²) in [6, 6.07) is 3.07. The van der Waals surface area contributed by atoms with Crippen molar-refractivity contribution in [1.29, 1.82) is 0 Å². The van der Waals surface area contributed by atoms with E-state index in [1.54, 1.807) is 22.9 Å². The van der Waals surface area contributed by atoms with Crippen LogP contribution in [-0.4, -0.2) is 28.7 Å². The average molecular weight is 237 g/mol. The van der Waals surface area contributed by atoms with Crippen LogP contribution in [0.2, 0.25) is 0 Å². The predicted molar refractivity (Wildman–Crippen MR) is 62.4 cm³/mol. The van der Waals surface area contributed by atoms with Gasteiger partial charge in [-0.2, -0.15) is 0 Å². The number of hydrogen-bond acceptors (Lipinski definition) is 3. The molecule has 1 heterocycles. The van der Waals surface area contributed by atoms with Gasteiger partial charge in [0.05, 0.1) is 7.11 Å². The van der Waals surface area contributed by atoms with E-state index in [2.05, 4.69) is 0 Å². The minimum absolute atomic E-state index is 0.339. The van der Waals surface area contributed by atoms with E-state index in [9.17, 15) is 9.59 Å². The fourth-order valence-corrected chi connectivity index (χ4v) is 1.60. The first-order chi connectivity index (χ1) is 8.10. The quantitative estimate of drug-likeness (QED) is 0.625. The Bertz CT molecular complexity index is 433. The number of aliphatic carboxylic acids is 1. The summed E-state index contributed by atoms with van der Waals surface area (Å²) < 4.78 is 6.41. The number of carboxylic acid groups (broad SMARTS) is 1. The monoisotopic (exact) mass is 237 g/mol. The molecular formula is C12H15NO4. The van der Waals surface area contributed by atoms with Gasteiger partial charge in [0.1, 0.15) is 6.04 Å². The highest BCUT2D eigenvalue weighted by molar-refractivity contribution is 5.85. The van der Waals surface area contributed by atoms with Gasteiger partial charge in [0.25, 0.3) is 0 Å². The molecule has 1 aromatic rings. The lowest BCUT2D eigenvalue weighted by Gasteiger charge is -2.16. The lowest BCUT2D eigenvalue weighted by Crippen LogP contribution is -2.20. The van der Waals surface area contributed by atoms with E-state index < -0.39 is 12.0 Å². The summed E-state index contributed by atoms with van der Waals surface area (Å²) in [6.07, 6.45) is 4.80. The van der Waals surface area contributed by atoms with Crippen LogP contribution >= 0.6 is 0 Å². The van der Waals surface area contributed by atoms with Crippen molar-refractivity contribution in [2.24, 2.45) is 0 Å². The molecule has 0 fully saturated rings. The molecule has 1 rings (SSSR count). The molecule has 17 heavy (non-hydrogen) atoms. The van der Waals surface area contributed by atoms with Crippen molar-refractivity contribution in [2.45, 2.75) is 19.4 Å². The van der Waals surface area contributed by atoms with Gasteiger partial charge in [-0.15, -0.1) is 0 Å². The van der Waals surface area contributed by atoms with E-state index in [1.165, 1.54) is 13.2 Å². The summed E-state index contributed by atoms with van der Waals surface area (Å²) in [7, 11) is 1.33. The van der Waals surface area contributed by atoms with Gasteiger partial charge in [-0.1, -0.05) is 6.92 Å². The van der Waals surface area contributed by atoms with Gasteiger partial charge in [-0.25, -0.2) is 9.59 Å². The Morgan fingerprint density at radius 3 is 2.82 bits per heavy atom. The number of carbonyl (C=O) groups excluding carboxylic acids is 1. The van der Waals surface area contributed by atoms with E-state index in [0.717, 1.165) is 6.08 Å². The van der Waals surface area contributed by atoms with Crippen molar-refractivity contribution in [3.63, 3.8) is 0 Å². The number of carbonyl (C=O) groups is 2. The Hall–Kier alpha value is -2.04. The van der Waals surface area contributed by atoms with Gasteiger partial charge >= 0.3 is 11.9 Å². The molecule has 0 aromatic carbocycles. The molecule has 0 aliphatic heterocycles. The fourth-order valence-electron chi connectivity index (χ4n) is 1.60. The van der Waals surface area contributed by atoms with E-state index in [1.807, 2.05) is 6.92 Å². The molecule has 1 aromatic heterocycles. The average Bonchev–Trinajstić information content (AvgIpc) is 2.75. The zero-order valence-corrected chi connectivity index (χ0v) is 9.79.